The highest BCUT2D eigenvalue weighted by Gasteiger charge is 2.27. The lowest BCUT2D eigenvalue weighted by atomic mass is 10.1. The zero-order valence-electron chi connectivity index (χ0n) is 15.9. The largest absolute Gasteiger partial charge is 0.326 e. The smallest absolute Gasteiger partial charge is 0.324 e. The molecule has 1 fully saturated rings. The monoisotopic (exact) mass is 403 g/mol. The molecule has 1 N–H and O–H groups in total. The first kappa shape index (κ1) is 20.1. The van der Waals surface area contributed by atoms with Crippen LogP contribution in [0.4, 0.5) is 20.6 Å². The van der Waals surface area contributed by atoms with Gasteiger partial charge in [-0.05, 0) is 36.8 Å². The SMILES string of the molecule is CC(C)C(=O)Nc1ccc(N2CCCN(Cc3cccc(Cl)c3F)C2=O)cc1. The van der Waals surface area contributed by atoms with Crippen LogP contribution in [0.25, 0.3) is 0 Å². The van der Waals surface area contributed by atoms with Gasteiger partial charge in [0.25, 0.3) is 0 Å². The van der Waals surface area contributed by atoms with Crippen LogP contribution in [0, 0.1) is 11.7 Å². The van der Waals surface area contributed by atoms with Crippen LogP contribution in [-0.2, 0) is 11.3 Å². The second-order valence-corrected chi connectivity index (χ2v) is 7.52. The van der Waals surface area contributed by atoms with Crippen LogP contribution < -0.4 is 10.2 Å². The number of carbonyl (C=O) groups excluding carboxylic acids is 2. The zero-order chi connectivity index (χ0) is 20.3. The Morgan fingerprint density at radius 1 is 1.18 bits per heavy atom. The standard InChI is InChI=1S/C21H23ClFN3O2/c1-14(2)20(27)24-16-7-9-17(10-8-16)26-12-4-11-25(21(26)28)13-15-5-3-6-18(22)19(15)23/h3,5-10,14H,4,11-13H2,1-2H3,(H,24,27). The molecule has 5 nitrogen and oxygen atoms in total. The molecule has 0 atom stereocenters. The first-order chi connectivity index (χ1) is 13.4. The summed E-state index contributed by atoms with van der Waals surface area (Å²) in [6.45, 7) is 4.97. The van der Waals surface area contributed by atoms with Crippen molar-refractivity contribution in [3.05, 3.63) is 58.9 Å². The molecule has 3 amide bonds. The molecule has 0 radical (unpaired) electrons. The average Bonchev–Trinajstić information content (AvgIpc) is 2.67. The highest BCUT2D eigenvalue weighted by Crippen LogP contribution is 2.25. The third kappa shape index (κ3) is 4.44. The summed E-state index contributed by atoms with van der Waals surface area (Å²) < 4.78 is 14.2. The van der Waals surface area contributed by atoms with Gasteiger partial charge in [0.2, 0.25) is 5.91 Å². The second-order valence-electron chi connectivity index (χ2n) is 7.11. The molecule has 3 rings (SSSR count). The molecular formula is C21H23ClFN3O2. The van der Waals surface area contributed by atoms with E-state index in [4.69, 9.17) is 11.6 Å². The van der Waals surface area contributed by atoms with Crippen molar-refractivity contribution in [3.63, 3.8) is 0 Å². The van der Waals surface area contributed by atoms with Gasteiger partial charge in [0.15, 0.2) is 0 Å². The fourth-order valence-corrected chi connectivity index (χ4v) is 3.25. The summed E-state index contributed by atoms with van der Waals surface area (Å²) in [6, 6.07) is 11.8. The molecule has 1 saturated heterocycles. The molecule has 28 heavy (non-hydrogen) atoms. The Hall–Kier alpha value is -2.60. The quantitative estimate of drug-likeness (QED) is 0.771. The number of amides is 3. The van der Waals surface area contributed by atoms with E-state index in [-0.39, 0.29) is 29.4 Å². The van der Waals surface area contributed by atoms with Crippen LogP contribution in [0.1, 0.15) is 25.8 Å². The fourth-order valence-electron chi connectivity index (χ4n) is 3.06. The molecule has 1 heterocycles. The number of rotatable bonds is 5. The minimum atomic E-state index is -0.487. The van der Waals surface area contributed by atoms with Crippen molar-refractivity contribution in [2.45, 2.75) is 26.8 Å². The maximum absolute atomic E-state index is 14.2. The van der Waals surface area contributed by atoms with Gasteiger partial charge in [-0.1, -0.05) is 37.6 Å². The number of anilines is 2. The lowest BCUT2D eigenvalue weighted by molar-refractivity contribution is -0.118. The Morgan fingerprint density at radius 3 is 2.57 bits per heavy atom. The normalized spacial score (nSPS) is 14.5. The van der Waals surface area contributed by atoms with Gasteiger partial charge in [-0.3, -0.25) is 9.69 Å². The summed E-state index contributed by atoms with van der Waals surface area (Å²) in [5, 5.41) is 2.88. The Labute approximate surface area is 169 Å². The summed E-state index contributed by atoms with van der Waals surface area (Å²) in [6.07, 6.45) is 0.778. The third-order valence-electron chi connectivity index (χ3n) is 4.67. The van der Waals surface area contributed by atoms with Crippen LogP contribution in [0.2, 0.25) is 5.02 Å². The van der Waals surface area contributed by atoms with E-state index in [2.05, 4.69) is 5.32 Å². The molecule has 0 unspecified atom stereocenters. The van der Waals surface area contributed by atoms with Gasteiger partial charge in [0.05, 0.1) is 11.6 Å². The Kier molecular flexibility index (Phi) is 6.19. The van der Waals surface area contributed by atoms with Crippen LogP contribution in [0.15, 0.2) is 42.5 Å². The van der Waals surface area contributed by atoms with Gasteiger partial charge in [-0.2, -0.15) is 0 Å². The summed E-state index contributed by atoms with van der Waals surface area (Å²) in [7, 11) is 0. The fraction of sp³-hybridized carbons (Fsp3) is 0.333. The van der Waals surface area contributed by atoms with E-state index < -0.39 is 5.82 Å². The first-order valence-corrected chi connectivity index (χ1v) is 9.65. The van der Waals surface area contributed by atoms with Crippen LogP contribution in [-0.4, -0.2) is 29.9 Å². The Morgan fingerprint density at radius 2 is 1.89 bits per heavy atom. The number of benzene rings is 2. The number of urea groups is 1. The van der Waals surface area contributed by atoms with E-state index in [9.17, 15) is 14.0 Å². The molecule has 0 saturated carbocycles. The van der Waals surface area contributed by atoms with Crippen molar-refractivity contribution in [1.29, 1.82) is 0 Å². The molecule has 2 aromatic rings. The van der Waals surface area contributed by atoms with Crippen molar-refractivity contribution in [3.8, 4) is 0 Å². The predicted octanol–water partition coefficient (Wildman–Crippen LogP) is 4.91. The van der Waals surface area contributed by atoms with E-state index in [0.717, 1.165) is 12.1 Å². The molecular weight excluding hydrogens is 381 g/mol. The lowest BCUT2D eigenvalue weighted by Gasteiger charge is -2.35. The molecule has 0 spiro atoms. The third-order valence-corrected chi connectivity index (χ3v) is 4.97. The summed E-state index contributed by atoms with van der Waals surface area (Å²) >= 11 is 5.84. The Bertz CT molecular complexity index is 870. The number of halogens is 2. The number of nitrogens with zero attached hydrogens (tertiary/aromatic N) is 2. The van der Waals surface area contributed by atoms with E-state index >= 15 is 0 Å². The van der Waals surface area contributed by atoms with E-state index in [1.165, 1.54) is 6.07 Å². The highest BCUT2D eigenvalue weighted by atomic mass is 35.5. The second kappa shape index (κ2) is 8.61. The first-order valence-electron chi connectivity index (χ1n) is 9.27. The van der Waals surface area contributed by atoms with Gasteiger partial charge in [-0.25, -0.2) is 9.18 Å². The molecule has 0 aliphatic carbocycles. The van der Waals surface area contributed by atoms with Crippen molar-refractivity contribution in [2.75, 3.05) is 23.3 Å². The number of hydrogen-bond donors (Lipinski definition) is 1. The number of nitrogens with one attached hydrogen (secondary N) is 1. The van der Waals surface area contributed by atoms with Gasteiger partial charge in [0, 0.05) is 35.9 Å². The van der Waals surface area contributed by atoms with Crippen molar-refractivity contribution in [2.24, 2.45) is 5.92 Å². The minimum Gasteiger partial charge on any atom is -0.326 e. The maximum Gasteiger partial charge on any atom is 0.324 e. The average molecular weight is 404 g/mol. The van der Waals surface area contributed by atoms with Crippen LogP contribution in [0.3, 0.4) is 0 Å². The molecule has 2 aromatic carbocycles. The molecule has 1 aliphatic heterocycles. The van der Waals surface area contributed by atoms with E-state index in [1.54, 1.807) is 46.2 Å². The molecule has 148 valence electrons. The van der Waals surface area contributed by atoms with Crippen molar-refractivity contribution < 1.29 is 14.0 Å². The minimum absolute atomic E-state index is 0.0536. The lowest BCUT2D eigenvalue weighted by Crippen LogP contribution is -2.49. The summed E-state index contributed by atoms with van der Waals surface area (Å²) in [5.41, 5.74) is 1.82. The maximum atomic E-state index is 14.2. The summed E-state index contributed by atoms with van der Waals surface area (Å²) in [4.78, 5) is 28.0. The van der Waals surface area contributed by atoms with E-state index in [1.807, 2.05) is 13.8 Å². The molecule has 0 aromatic heterocycles. The number of hydrogen-bond acceptors (Lipinski definition) is 2. The number of carbonyl (C=O) groups is 2. The summed E-state index contributed by atoms with van der Waals surface area (Å²) in [5.74, 6) is -0.653. The predicted molar refractivity (Wildman–Crippen MR) is 109 cm³/mol. The van der Waals surface area contributed by atoms with Crippen LogP contribution >= 0.6 is 11.6 Å². The topological polar surface area (TPSA) is 52.7 Å². The molecule has 1 aliphatic rings. The molecule has 0 bridgehead atoms. The molecule has 7 heteroatoms. The van der Waals surface area contributed by atoms with Gasteiger partial charge >= 0.3 is 6.03 Å². The van der Waals surface area contributed by atoms with E-state index in [0.29, 0.717) is 24.3 Å². The zero-order valence-corrected chi connectivity index (χ0v) is 16.7. The van der Waals surface area contributed by atoms with Gasteiger partial charge in [0.1, 0.15) is 5.82 Å². The van der Waals surface area contributed by atoms with Crippen LogP contribution in [0.5, 0.6) is 0 Å². The van der Waals surface area contributed by atoms with Crippen molar-refractivity contribution >= 4 is 34.9 Å². The van der Waals surface area contributed by atoms with Crippen molar-refractivity contribution in [1.82, 2.24) is 4.90 Å². The Balaban J connectivity index is 1.71. The van der Waals surface area contributed by atoms with Gasteiger partial charge < -0.3 is 10.2 Å². The highest BCUT2D eigenvalue weighted by molar-refractivity contribution is 6.30. The van der Waals surface area contributed by atoms with Gasteiger partial charge in [-0.15, -0.1) is 0 Å².